The molecule has 1 aliphatic heterocycles. The van der Waals surface area contributed by atoms with Gasteiger partial charge in [0.1, 0.15) is 0 Å². The molecule has 4 unspecified atom stereocenters. The standard InChI is InChI=1S/C13H26N2/c1-10-3-4-13(11(2)7-10)15-6-5-12(8-14)9-15/h10-13H,3-9,14H2,1-2H3. The maximum absolute atomic E-state index is 5.76. The summed E-state index contributed by atoms with van der Waals surface area (Å²) >= 11 is 0. The first-order valence-corrected chi connectivity index (χ1v) is 6.64. The van der Waals surface area contributed by atoms with Crippen LogP contribution in [0.25, 0.3) is 0 Å². The number of nitrogens with zero attached hydrogens (tertiary/aromatic N) is 1. The highest BCUT2D eigenvalue weighted by atomic mass is 15.2. The third-order valence-corrected chi connectivity index (χ3v) is 4.51. The summed E-state index contributed by atoms with van der Waals surface area (Å²) in [5.41, 5.74) is 5.76. The van der Waals surface area contributed by atoms with E-state index in [-0.39, 0.29) is 0 Å². The van der Waals surface area contributed by atoms with E-state index in [4.69, 9.17) is 5.73 Å². The lowest BCUT2D eigenvalue weighted by atomic mass is 9.79. The number of hydrogen-bond donors (Lipinski definition) is 1. The fourth-order valence-electron chi connectivity index (χ4n) is 3.55. The molecule has 2 heteroatoms. The minimum Gasteiger partial charge on any atom is -0.330 e. The zero-order chi connectivity index (χ0) is 10.8. The second-order valence-electron chi connectivity index (χ2n) is 5.85. The zero-order valence-corrected chi connectivity index (χ0v) is 10.3. The molecular weight excluding hydrogens is 184 g/mol. The fraction of sp³-hybridized carbons (Fsp3) is 1.00. The lowest BCUT2D eigenvalue weighted by molar-refractivity contribution is 0.112. The minimum absolute atomic E-state index is 0.775. The van der Waals surface area contributed by atoms with Gasteiger partial charge < -0.3 is 5.73 Å². The van der Waals surface area contributed by atoms with Gasteiger partial charge in [0.15, 0.2) is 0 Å². The first kappa shape index (κ1) is 11.4. The highest BCUT2D eigenvalue weighted by Gasteiger charge is 2.33. The van der Waals surface area contributed by atoms with Crippen LogP contribution in [0, 0.1) is 17.8 Å². The Bertz CT molecular complexity index is 205. The predicted octanol–water partition coefficient (Wildman–Crippen LogP) is 2.09. The first-order valence-electron chi connectivity index (χ1n) is 6.64. The normalized spacial score (nSPS) is 43.4. The van der Waals surface area contributed by atoms with Crippen LogP contribution >= 0.6 is 0 Å². The van der Waals surface area contributed by atoms with Crippen molar-refractivity contribution in [2.24, 2.45) is 23.5 Å². The van der Waals surface area contributed by atoms with Crippen LogP contribution in [0.5, 0.6) is 0 Å². The summed E-state index contributed by atoms with van der Waals surface area (Å²) in [7, 11) is 0. The van der Waals surface area contributed by atoms with Gasteiger partial charge in [0.25, 0.3) is 0 Å². The second-order valence-corrected chi connectivity index (χ2v) is 5.85. The van der Waals surface area contributed by atoms with Gasteiger partial charge in [-0.1, -0.05) is 13.8 Å². The van der Waals surface area contributed by atoms with E-state index in [1.165, 1.54) is 38.8 Å². The molecule has 2 N–H and O–H groups in total. The van der Waals surface area contributed by atoms with Crippen molar-refractivity contribution < 1.29 is 0 Å². The molecule has 0 radical (unpaired) electrons. The molecule has 0 spiro atoms. The highest BCUT2D eigenvalue weighted by molar-refractivity contribution is 4.88. The predicted molar refractivity (Wildman–Crippen MR) is 64.7 cm³/mol. The van der Waals surface area contributed by atoms with Crippen molar-refractivity contribution in [3.05, 3.63) is 0 Å². The monoisotopic (exact) mass is 210 g/mol. The van der Waals surface area contributed by atoms with Gasteiger partial charge in [-0.2, -0.15) is 0 Å². The van der Waals surface area contributed by atoms with Gasteiger partial charge in [0, 0.05) is 12.6 Å². The Kier molecular flexibility index (Phi) is 3.68. The van der Waals surface area contributed by atoms with Gasteiger partial charge in [0.2, 0.25) is 0 Å². The topological polar surface area (TPSA) is 29.3 Å². The molecule has 2 rings (SSSR count). The molecular formula is C13H26N2. The van der Waals surface area contributed by atoms with Crippen LogP contribution < -0.4 is 5.73 Å². The third kappa shape index (κ3) is 2.54. The molecule has 2 fully saturated rings. The van der Waals surface area contributed by atoms with Gasteiger partial charge in [-0.15, -0.1) is 0 Å². The van der Waals surface area contributed by atoms with E-state index in [0.29, 0.717) is 0 Å². The Balaban J connectivity index is 1.88. The molecule has 2 aliphatic rings. The molecule has 4 atom stereocenters. The molecule has 0 aromatic rings. The molecule has 15 heavy (non-hydrogen) atoms. The summed E-state index contributed by atoms with van der Waals surface area (Å²) < 4.78 is 0. The van der Waals surface area contributed by atoms with Gasteiger partial charge in [0.05, 0.1) is 0 Å². The van der Waals surface area contributed by atoms with E-state index in [2.05, 4.69) is 18.7 Å². The van der Waals surface area contributed by atoms with Crippen LogP contribution in [0.3, 0.4) is 0 Å². The van der Waals surface area contributed by atoms with Crippen molar-refractivity contribution in [1.29, 1.82) is 0 Å². The molecule has 0 amide bonds. The van der Waals surface area contributed by atoms with E-state index in [1.807, 2.05) is 0 Å². The molecule has 1 aliphatic carbocycles. The van der Waals surface area contributed by atoms with Crippen LogP contribution in [0.1, 0.15) is 39.5 Å². The van der Waals surface area contributed by atoms with E-state index in [9.17, 15) is 0 Å². The molecule has 88 valence electrons. The van der Waals surface area contributed by atoms with Crippen molar-refractivity contribution in [1.82, 2.24) is 4.90 Å². The average molecular weight is 210 g/mol. The molecule has 0 aromatic heterocycles. The highest BCUT2D eigenvalue weighted by Crippen LogP contribution is 2.34. The number of likely N-dealkylation sites (tertiary alicyclic amines) is 1. The smallest absolute Gasteiger partial charge is 0.0121 e. The van der Waals surface area contributed by atoms with E-state index in [0.717, 1.165) is 30.3 Å². The molecule has 1 saturated carbocycles. The van der Waals surface area contributed by atoms with Crippen LogP contribution in [-0.4, -0.2) is 30.6 Å². The average Bonchev–Trinajstić information content (AvgIpc) is 2.66. The van der Waals surface area contributed by atoms with Crippen LogP contribution in [0.4, 0.5) is 0 Å². The summed E-state index contributed by atoms with van der Waals surface area (Å²) in [5, 5.41) is 0. The Labute approximate surface area is 94.2 Å². The van der Waals surface area contributed by atoms with Crippen molar-refractivity contribution in [3.63, 3.8) is 0 Å². The summed E-state index contributed by atoms with van der Waals surface area (Å²) in [5.74, 6) is 2.62. The Morgan fingerprint density at radius 3 is 2.60 bits per heavy atom. The summed E-state index contributed by atoms with van der Waals surface area (Å²) in [6.45, 7) is 8.29. The Hall–Kier alpha value is -0.0800. The molecule has 2 nitrogen and oxygen atoms in total. The zero-order valence-electron chi connectivity index (χ0n) is 10.3. The second kappa shape index (κ2) is 4.84. The minimum atomic E-state index is 0.775. The number of hydrogen-bond acceptors (Lipinski definition) is 2. The number of rotatable bonds is 2. The van der Waals surface area contributed by atoms with Gasteiger partial charge in [-0.25, -0.2) is 0 Å². The largest absolute Gasteiger partial charge is 0.330 e. The quantitative estimate of drug-likeness (QED) is 0.756. The van der Waals surface area contributed by atoms with E-state index in [1.54, 1.807) is 0 Å². The van der Waals surface area contributed by atoms with E-state index >= 15 is 0 Å². The van der Waals surface area contributed by atoms with Crippen molar-refractivity contribution >= 4 is 0 Å². The van der Waals surface area contributed by atoms with Gasteiger partial charge >= 0.3 is 0 Å². The van der Waals surface area contributed by atoms with Crippen LogP contribution in [0.15, 0.2) is 0 Å². The van der Waals surface area contributed by atoms with Crippen LogP contribution in [-0.2, 0) is 0 Å². The van der Waals surface area contributed by atoms with Gasteiger partial charge in [-0.3, -0.25) is 4.90 Å². The summed E-state index contributed by atoms with van der Waals surface area (Å²) in [4.78, 5) is 2.72. The van der Waals surface area contributed by atoms with Gasteiger partial charge in [-0.05, 0) is 56.5 Å². The Morgan fingerprint density at radius 2 is 2.00 bits per heavy atom. The maximum Gasteiger partial charge on any atom is 0.0121 e. The summed E-state index contributed by atoms with van der Waals surface area (Å²) in [6, 6.07) is 0.859. The summed E-state index contributed by atoms with van der Waals surface area (Å²) in [6.07, 6.45) is 5.60. The molecule has 0 aromatic carbocycles. The van der Waals surface area contributed by atoms with E-state index < -0.39 is 0 Å². The lowest BCUT2D eigenvalue weighted by Crippen LogP contribution is -2.41. The SMILES string of the molecule is CC1CCC(N2CCC(CN)C2)C(C)C1. The first-order chi connectivity index (χ1) is 7.20. The molecule has 1 heterocycles. The van der Waals surface area contributed by atoms with Crippen molar-refractivity contribution in [3.8, 4) is 0 Å². The maximum atomic E-state index is 5.76. The number of nitrogens with two attached hydrogens (primary N) is 1. The Morgan fingerprint density at radius 1 is 1.20 bits per heavy atom. The fourth-order valence-corrected chi connectivity index (χ4v) is 3.55. The molecule has 0 bridgehead atoms. The molecule has 1 saturated heterocycles. The van der Waals surface area contributed by atoms with Crippen molar-refractivity contribution in [2.45, 2.75) is 45.6 Å². The van der Waals surface area contributed by atoms with Crippen molar-refractivity contribution in [2.75, 3.05) is 19.6 Å². The lowest BCUT2D eigenvalue weighted by Gasteiger charge is -2.38. The third-order valence-electron chi connectivity index (χ3n) is 4.51. The van der Waals surface area contributed by atoms with Crippen LogP contribution in [0.2, 0.25) is 0 Å².